The summed E-state index contributed by atoms with van der Waals surface area (Å²) in [6, 6.07) is 9.69. The van der Waals surface area contributed by atoms with E-state index in [2.05, 4.69) is 37.9 Å². The van der Waals surface area contributed by atoms with E-state index in [0.29, 0.717) is 11.5 Å². The van der Waals surface area contributed by atoms with Gasteiger partial charge in [-0.1, -0.05) is 42.3 Å². The molecule has 1 fully saturated rings. The van der Waals surface area contributed by atoms with Gasteiger partial charge in [-0.3, -0.25) is 14.9 Å². The van der Waals surface area contributed by atoms with Gasteiger partial charge in [0.15, 0.2) is 0 Å². The Morgan fingerprint density at radius 3 is 2.55 bits per heavy atom. The zero-order chi connectivity index (χ0) is 24.1. The first-order valence-electron chi connectivity index (χ1n) is 10.8. The Kier molecular flexibility index (Phi) is 6.01. The van der Waals surface area contributed by atoms with Crippen LogP contribution in [0.2, 0.25) is 10.0 Å². The zero-order valence-electron chi connectivity index (χ0n) is 18.9. The minimum atomic E-state index is -0.869. The highest BCUT2D eigenvalue weighted by Gasteiger charge is 2.39. The molecule has 6 nitrogen and oxygen atoms in total. The number of hydrogen-bond acceptors (Lipinski definition) is 4. The van der Waals surface area contributed by atoms with E-state index in [4.69, 9.17) is 23.2 Å². The van der Waals surface area contributed by atoms with Crippen molar-refractivity contribution in [3.63, 3.8) is 0 Å². The molecule has 2 aromatic rings. The second-order valence-electron chi connectivity index (χ2n) is 9.01. The molecule has 0 radical (unpaired) electrons. The van der Waals surface area contributed by atoms with Gasteiger partial charge >= 0.3 is 6.03 Å². The Balaban J connectivity index is 1.75. The lowest BCUT2D eigenvalue weighted by Gasteiger charge is -2.47. The van der Waals surface area contributed by atoms with Crippen LogP contribution in [0, 0.1) is 0 Å². The van der Waals surface area contributed by atoms with Crippen LogP contribution in [0.4, 0.5) is 16.2 Å². The molecule has 0 bridgehead atoms. The molecule has 2 aromatic carbocycles. The van der Waals surface area contributed by atoms with Crippen molar-refractivity contribution in [2.75, 3.05) is 16.3 Å². The Bertz CT molecular complexity index is 1210. The van der Waals surface area contributed by atoms with Gasteiger partial charge in [0.05, 0.1) is 15.7 Å². The average molecular weight is 486 g/mol. The lowest BCUT2D eigenvalue weighted by molar-refractivity contribution is -0.122. The maximum absolute atomic E-state index is 13.2. The van der Waals surface area contributed by atoms with E-state index in [1.807, 2.05) is 18.2 Å². The van der Waals surface area contributed by atoms with Crippen molar-refractivity contribution in [1.29, 1.82) is 0 Å². The van der Waals surface area contributed by atoms with Crippen molar-refractivity contribution < 1.29 is 14.4 Å². The van der Waals surface area contributed by atoms with Crippen LogP contribution in [0.1, 0.15) is 51.2 Å². The second-order valence-corrected chi connectivity index (χ2v) is 9.80. The third kappa shape index (κ3) is 4.02. The molecule has 0 aliphatic carbocycles. The van der Waals surface area contributed by atoms with Crippen molar-refractivity contribution in [2.45, 2.75) is 45.6 Å². The van der Waals surface area contributed by atoms with Gasteiger partial charge in [-0.15, -0.1) is 0 Å². The summed E-state index contributed by atoms with van der Waals surface area (Å²) < 4.78 is 0. The third-order valence-corrected chi connectivity index (χ3v) is 7.12. The molecule has 4 amide bonds. The van der Waals surface area contributed by atoms with Crippen molar-refractivity contribution in [2.24, 2.45) is 0 Å². The number of carbonyl (C=O) groups is 3. The number of rotatable bonds is 3. The summed E-state index contributed by atoms with van der Waals surface area (Å²) in [5.74, 6) is -1.19. The molecule has 0 unspecified atom stereocenters. The predicted octanol–water partition coefficient (Wildman–Crippen LogP) is 5.77. The number of imide groups is 2. The normalized spacial score (nSPS) is 21.3. The summed E-state index contributed by atoms with van der Waals surface area (Å²) in [5, 5.41) is 2.48. The smallest absolute Gasteiger partial charge is 0.336 e. The molecule has 1 atom stereocenters. The van der Waals surface area contributed by atoms with Crippen LogP contribution in [-0.4, -0.2) is 29.9 Å². The first kappa shape index (κ1) is 23.3. The van der Waals surface area contributed by atoms with E-state index in [1.54, 1.807) is 12.1 Å². The summed E-state index contributed by atoms with van der Waals surface area (Å²) in [4.78, 5) is 41.5. The predicted molar refractivity (Wildman–Crippen MR) is 132 cm³/mol. The quantitative estimate of drug-likeness (QED) is 0.442. The van der Waals surface area contributed by atoms with Crippen LogP contribution >= 0.6 is 23.2 Å². The van der Waals surface area contributed by atoms with Gasteiger partial charge in [0, 0.05) is 17.8 Å². The number of fused-ring (bicyclic) bond motifs is 1. The van der Waals surface area contributed by atoms with Crippen LogP contribution in [0.15, 0.2) is 42.0 Å². The van der Waals surface area contributed by atoms with E-state index >= 15 is 0 Å². The van der Waals surface area contributed by atoms with Gasteiger partial charge in [-0.25, -0.2) is 9.69 Å². The SMILES string of the molecule is CCN1c2ccc(/C=C3\C(=O)NC(=O)N(c4cccc(Cl)c4Cl)C3=O)cc2[C@H](C)CC1(C)C. The van der Waals surface area contributed by atoms with Crippen molar-refractivity contribution in [3.8, 4) is 0 Å². The molecule has 2 aliphatic rings. The van der Waals surface area contributed by atoms with Gasteiger partial charge < -0.3 is 4.90 Å². The van der Waals surface area contributed by atoms with Crippen LogP contribution in [0.5, 0.6) is 0 Å². The molecule has 1 N–H and O–H groups in total. The minimum absolute atomic E-state index is 0.0391. The molecule has 8 heteroatoms. The highest BCUT2D eigenvalue weighted by atomic mass is 35.5. The Morgan fingerprint density at radius 2 is 1.85 bits per heavy atom. The maximum Gasteiger partial charge on any atom is 0.336 e. The van der Waals surface area contributed by atoms with Gasteiger partial charge in [0.2, 0.25) is 0 Å². The second kappa shape index (κ2) is 8.50. The van der Waals surface area contributed by atoms with Gasteiger partial charge in [0.1, 0.15) is 5.57 Å². The molecule has 0 spiro atoms. The van der Waals surface area contributed by atoms with E-state index in [0.717, 1.165) is 23.6 Å². The molecule has 1 saturated heterocycles. The van der Waals surface area contributed by atoms with E-state index in [-0.39, 0.29) is 26.8 Å². The van der Waals surface area contributed by atoms with E-state index in [9.17, 15) is 14.4 Å². The van der Waals surface area contributed by atoms with Gasteiger partial charge in [-0.05, 0) is 74.6 Å². The number of carbonyl (C=O) groups excluding carboxylic acids is 3. The molecule has 33 heavy (non-hydrogen) atoms. The Morgan fingerprint density at radius 1 is 1.12 bits per heavy atom. The van der Waals surface area contributed by atoms with Gasteiger partial charge in [-0.2, -0.15) is 0 Å². The number of benzene rings is 2. The number of urea groups is 1. The van der Waals surface area contributed by atoms with E-state index < -0.39 is 17.8 Å². The maximum atomic E-state index is 13.2. The Hall–Kier alpha value is -2.83. The molecular formula is C25H25Cl2N3O3. The molecular weight excluding hydrogens is 461 g/mol. The summed E-state index contributed by atoms with van der Waals surface area (Å²) in [7, 11) is 0. The molecule has 2 heterocycles. The fraction of sp³-hybridized carbons (Fsp3) is 0.320. The van der Waals surface area contributed by atoms with Crippen molar-refractivity contribution in [1.82, 2.24) is 5.32 Å². The molecule has 172 valence electrons. The number of barbiturate groups is 1. The average Bonchev–Trinajstić information content (AvgIpc) is 2.74. The summed E-state index contributed by atoms with van der Waals surface area (Å²) >= 11 is 12.3. The van der Waals surface area contributed by atoms with Crippen LogP contribution < -0.4 is 15.1 Å². The summed E-state index contributed by atoms with van der Waals surface area (Å²) in [6.45, 7) is 9.68. The standard InChI is InChI=1S/C25H25Cl2N3O3/c1-5-29-19-10-9-15(11-16(19)14(2)13-25(29,3)4)12-17-22(31)28-24(33)30(23(17)32)20-8-6-7-18(26)21(20)27/h6-12,14H,5,13H2,1-4H3,(H,28,31,33)/b17-12+/t14-/m1/s1. The number of nitrogens with one attached hydrogen (secondary N) is 1. The number of anilines is 2. The zero-order valence-corrected chi connectivity index (χ0v) is 20.4. The largest absolute Gasteiger partial charge is 0.366 e. The molecule has 0 aromatic heterocycles. The fourth-order valence-corrected chi connectivity index (χ4v) is 5.29. The molecule has 0 saturated carbocycles. The summed E-state index contributed by atoms with van der Waals surface area (Å²) in [6.07, 6.45) is 2.50. The number of nitrogens with zero attached hydrogens (tertiary/aromatic N) is 2. The summed E-state index contributed by atoms with van der Waals surface area (Å²) in [5.41, 5.74) is 3.04. The van der Waals surface area contributed by atoms with Crippen LogP contribution in [0.3, 0.4) is 0 Å². The fourth-order valence-electron chi connectivity index (χ4n) is 4.91. The topological polar surface area (TPSA) is 69.7 Å². The van der Waals surface area contributed by atoms with Crippen LogP contribution in [-0.2, 0) is 9.59 Å². The molecule has 4 rings (SSSR count). The Labute approximate surface area is 203 Å². The van der Waals surface area contributed by atoms with Crippen molar-refractivity contribution in [3.05, 3.63) is 63.1 Å². The number of amides is 4. The third-order valence-electron chi connectivity index (χ3n) is 6.31. The monoisotopic (exact) mass is 485 g/mol. The van der Waals surface area contributed by atoms with Crippen molar-refractivity contribution >= 4 is 58.5 Å². The minimum Gasteiger partial charge on any atom is -0.366 e. The lowest BCUT2D eigenvalue weighted by atomic mass is 9.79. The van der Waals surface area contributed by atoms with Crippen LogP contribution in [0.25, 0.3) is 6.08 Å². The molecule has 2 aliphatic heterocycles. The number of hydrogen-bond donors (Lipinski definition) is 1. The first-order valence-corrected chi connectivity index (χ1v) is 11.6. The van der Waals surface area contributed by atoms with E-state index in [1.165, 1.54) is 17.7 Å². The lowest BCUT2D eigenvalue weighted by Crippen LogP contribution is -2.54. The highest BCUT2D eigenvalue weighted by molar-refractivity contribution is 6.46. The van der Waals surface area contributed by atoms with Gasteiger partial charge in [0.25, 0.3) is 11.8 Å². The first-order chi connectivity index (χ1) is 15.5. The number of halogens is 2. The highest BCUT2D eigenvalue weighted by Crippen LogP contribution is 2.43.